The summed E-state index contributed by atoms with van der Waals surface area (Å²) in [6.07, 6.45) is 6.03. The van der Waals surface area contributed by atoms with Crippen molar-refractivity contribution in [1.29, 1.82) is 0 Å². The van der Waals surface area contributed by atoms with Crippen molar-refractivity contribution in [1.82, 2.24) is 25.3 Å². The van der Waals surface area contributed by atoms with Crippen LogP contribution in [0, 0.1) is 0 Å². The molecular weight excluding hydrogens is 454 g/mol. The van der Waals surface area contributed by atoms with Crippen molar-refractivity contribution >= 4 is 28.4 Å². The molecule has 4 heterocycles. The summed E-state index contributed by atoms with van der Waals surface area (Å²) >= 11 is 0. The fourth-order valence-electron chi connectivity index (χ4n) is 4.46. The molecule has 1 unspecified atom stereocenters. The highest BCUT2D eigenvalue weighted by Crippen LogP contribution is 2.23. The molecule has 1 fully saturated rings. The zero-order chi connectivity index (χ0) is 24.9. The van der Waals surface area contributed by atoms with E-state index in [2.05, 4.69) is 42.4 Å². The third kappa shape index (κ3) is 5.11. The van der Waals surface area contributed by atoms with Gasteiger partial charge in [-0.1, -0.05) is 18.2 Å². The number of pyridine rings is 2. The van der Waals surface area contributed by atoms with Crippen LogP contribution in [0.4, 0.5) is 11.6 Å². The first kappa shape index (κ1) is 23.6. The smallest absolute Gasteiger partial charge is 0.251 e. The first-order valence-corrected chi connectivity index (χ1v) is 12.1. The van der Waals surface area contributed by atoms with Crippen LogP contribution in [0.1, 0.15) is 22.8 Å². The molecule has 1 aliphatic heterocycles. The van der Waals surface area contributed by atoms with Gasteiger partial charge in [-0.2, -0.15) is 0 Å². The normalized spacial score (nSPS) is 15.6. The van der Waals surface area contributed by atoms with Gasteiger partial charge in [-0.05, 0) is 37.1 Å². The molecule has 1 amide bonds. The molecule has 184 valence electrons. The minimum atomic E-state index is -0.117. The summed E-state index contributed by atoms with van der Waals surface area (Å²) in [4.78, 5) is 32.5. The predicted octanol–water partition coefficient (Wildman–Crippen LogP) is 3.33. The number of nitrogens with zero attached hydrogens (tertiary/aromatic N) is 5. The molecule has 1 saturated heterocycles. The van der Waals surface area contributed by atoms with E-state index in [1.165, 1.54) is 0 Å². The quantitative estimate of drug-likeness (QED) is 0.412. The number of morpholine rings is 1. The number of aromatic nitrogens is 4. The lowest BCUT2D eigenvalue weighted by atomic mass is 10.0. The Hall–Kier alpha value is -4.11. The van der Waals surface area contributed by atoms with Crippen LogP contribution in [0.3, 0.4) is 0 Å². The molecule has 0 bridgehead atoms. The standard InChI is InChI=1S/C27H29N7O2/c1-18-16-34(12-13-36-18)25-7-6-20(15-31-25)23-14-24(33-17-32-23)29-10-8-19-4-3-5-21-22(27(35)28-2)9-11-30-26(19)21/h3-7,9,11,14-15,17-18H,8,10,12-13,16H2,1-2H3,(H,28,35)(H,29,32,33). The van der Waals surface area contributed by atoms with E-state index in [-0.39, 0.29) is 12.0 Å². The summed E-state index contributed by atoms with van der Waals surface area (Å²) in [5.74, 6) is 1.57. The Morgan fingerprint density at radius 3 is 2.86 bits per heavy atom. The monoisotopic (exact) mass is 483 g/mol. The van der Waals surface area contributed by atoms with Gasteiger partial charge in [-0.25, -0.2) is 15.0 Å². The molecule has 0 radical (unpaired) electrons. The molecule has 5 rings (SSSR count). The first-order valence-electron chi connectivity index (χ1n) is 12.1. The maximum Gasteiger partial charge on any atom is 0.251 e. The minimum Gasteiger partial charge on any atom is -0.375 e. The van der Waals surface area contributed by atoms with Crippen molar-refractivity contribution in [3.63, 3.8) is 0 Å². The maximum absolute atomic E-state index is 12.2. The summed E-state index contributed by atoms with van der Waals surface area (Å²) in [5.41, 5.74) is 4.27. The van der Waals surface area contributed by atoms with E-state index in [4.69, 9.17) is 4.74 Å². The van der Waals surface area contributed by atoms with Crippen LogP contribution >= 0.6 is 0 Å². The number of rotatable bonds is 7. The van der Waals surface area contributed by atoms with E-state index in [9.17, 15) is 4.79 Å². The van der Waals surface area contributed by atoms with Gasteiger partial charge in [0.05, 0.1) is 29.5 Å². The average molecular weight is 484 g/mol. The fourth-order valence-corrected chi connectivity index (χ4v) is 4.46. The molecule has 36 heavy (non-hydrogen) atoms. The second-order valence-electron chi connectivity index (χ2n) is 8.75. The van der Waals surface area contributed by atoms with Gasteiger partial charge in [0, 0.05) is 56.1 Å². The number of para-hydroxylation sites is 1. The molecule has 0 spiro atoms. The van der Waals surface area contributed by atoms with Crippen LogP contribution in [0.2, 0.25) is 0 Å². The first-order chi connectivity index (χ1) is 17.6. The highest BCUT2D eigenvalue weighted by Gasteiger charge is 2.18. The van der Waals surface area contributed by atoms with Gasteiger partial charge in [0.25, 0.3) is 5.91 Å². The summed E-state index contributed by atoms with van der Waals surface area (Å²) in [6.45, 7) is 5.14. The number of fused-ring (bicyclic) bond motifs is 1. The number of amides is 1. The van der Waals surface area contributed by atoms with Crippen LogP contribution in [0.25, 0.3) is 22.2 Å². The Morgan fingerprint density at radius 2 is 2.06 bits per heavy atom. The lowest BCUT2D eigenvalue weighted by Crippen LogP contribution is -2.41. The lowest BCUT2D eigenvalue weighted by molar-refractivity contribution is 0.0529. The highest BCUT2D eigenvalue weighted by atomic mass is 16.5. The Kier molecular flexibility index (Phi) is 6.99. The van der Waals surface area contributed by atoms with Crippen molar-refractivity contribution < 1.29 is 9.53 Å². The van der Waals surface area contributed by atoms with Gasteiger partial charge in [-0.3, -0.25) is 9.78 Å². The number of benzene rings is 1. The zero-order valence-electron chi connectivity index (χ0n) is 20.4. The van der Waals surface area contributed by atoms with Crippen LogP contribution in [0.15, 0.2) is 61.2 Å². The summed E-state index contributed by atoms with van der Waals surface area (Å²) in [6, 6.07) is 13.7. The topological polar surface area (TPSA) is 105 Å². The summed E-state index contributed by atoms with van der Waals surface area (Å²) in [7, 11) is 1.63. The Morgan fingerprint density at radius 1 is 1.14 bits per heavy atom. The number of carbonyl (C=O) groups is 1. The van der Waals surface area contributed by atoms with Crippen molar-refractivity contribution in [2.75, 3.05) is 43.5 Å². The molecule has 1 atom stereocenters. The van der Waals surface area contributed by atoms with Crippen molar-refractivity contribution in [2.45, 2.75) is 19.4 Å². The molecular formula is C27H29N7O2. The predicted molar refractivity (Wildman–Crippen MR) is 140 cm³/mol. The van der Waals surface area contributed by atoms with Crippen molar-refractivity contribution in [3.05, 3.63) is 72.3 Å². The maximum atomic E-state index is 12.2. The minimum absolute atomic E-state index is 0.117. The van der Waals surface area contributed by atoms with Gasteiger partial charge in [-0.15, -0.1) is 0 Å². The number of anilines is 2. The highest BCUT2D eigenvalue weighted by molar-refractivity contribution is 6.06. The molecule has 2 N–H and O–H groups in total. The third-order valence-corrected chi connectivity index (χ3v) is 6.30. The molecule has 1 aromatic carbocycles. The van der Waals surface area contributed by atoms with E-state index in [0.717, 1.165) is 65.5 Å². The lowest BCUT2D eigenvalue weighted by Gasteiger charge is -2.32. The van der Waals surface area contributed by atoms with Crippen LogP contribution in [-0.4, -0.2) is 65.2 Å². The van der Waals surface area contributed by atoms with E-state index in [0.29, 0.717) is 12.1 Å². The molecule has 3 aromatic heterocycles. The third-order valence-electron chi connectivity index (χ3n) is 6.30. The summed E-state index contributed by atoms with van der Waals surface area (Å²) < 4.78 is 5.62. The van der Waals surface area contributed by atoms with Gasteiger partial charge in [0.15, 0.2) is 0 Å². The second-order valence-corrected chi connectivity index (χ2v) is 8.75. The Bertz CT molecular complexity index is 1360. The molecule has 0 saturated carbocycles. The SMILES string of the molecule is CNC(=O)c1ccnc2c(CCNc3cc(-c4ccc(N5CCOC(C)C5)nc4)ncn3)cccc12. The second kappa shape index (κ2) is 10.7. The molecule has 1 aliphatic rings. The molecule has 9 heteroatoms. The van der Waals surface area contributed by atoms with Gasteiger partial charge >= 0.3 is 0 Å². The van der Waals surface area contributed by atoms with Gasteiger partial charge in [0.1, 0.15) is 18.0 Å². The average Bonchev–Trinajstić information content (AvgIpc) is 2.93. The summed E-state index contributed by atoms with van der Waals surface area (Å²) in [5, 5.41) is 6.92. The molecule has 4 aromatic rings. The number of hydrogen-bond acceptors (Lipinski definition) is 8. The van der Waals surface area contributed by atoms with E-state index >= 15 is 0 Å². The number of carbonyl (C=O) groups excluding carboxylic acids is 1. The van der Waals surface area contributed by atoms with Crippen LogP contribution in [-0.2, 0) is 11.2 Å². The number of hydrogen-bond donors (Lipinski definition) is 2. The number of ether oxygens (including phenoxy) is 1. The Labute approximate surface area is 210 Å². The largest absolute Gasteiger partial charge is 0.375 e. The van der Waals surface area contributed by atoms with Gasteiger partial charge in [0.2, 0.25) is 0 Å². The van der Waals surface area contributed by atoms with Crippen molar-refractivity contribution in [2.24, 2.45) is 0 Å². The van der Waals surface area contributed by atoms with Gasteiger partial charge < -0.3 is 20.3 Å². The molecule has 9 nitrogen and oxygen atoms in total. The number of nitrogens with one attached hydrogen (secondary N) is 2. The van der Waals surface area contributed by atoms with E-state index in [1.807, 2.05) is 42.6 Å². The zero-order valence-corrected chi connectivity index (χ0v) is 20.4. The van der Waals surface area contributed by atoms with Crippen LogP contribution < -0.4 is 15.5 Å². The van der Waals surface area contributed by atoms with Crippen LogP contribution in [0.5, 0.6) is 0 Å². The van der Waals surface area contributed by atoms with E-state index in [1.54, 1.807) is 25.6 Å². The van der Waals surface area contributed by atoms with E-state index < -0.39 is 0 Å². The molecule has 0 aliphatic carbocycles. The van der Waals surface area contributed by atoms with Crippen molar-refractivity contribution in [3.8, 4) is 11.3 Å². The Balaban J connectivity index is 1.26. The fraction of sp³-hybridized carbons (Fsp3) is 0.296.